The molecule has 7 heteroatoms. The first-order chi connectivity index (χ1) is 10.7. The Kier molecular flexibility index (Phi) is 7.21. The maximum absolute atomic E-state index is 12.0. The van der Waals surface area contributed by atoms with Crippen LogP contribution in [0.3, 0.4) is 0 Å². The van der Waals surface area contributed by atoms with Gasteiger partial charge < -0.3 is 4.90 Å². The molecule has 0 fully saturated rings. The van der Waals surface area contributed by atoms with Gasteiger partial charge in [-0.15, -0.1) is 10.2 Å². The second-order valence-corrected chi connectivity index (χ2v) is 7.89. The molecule has 0 atom stereocenters. The summed E-state index contributed by atoms with van der Waals surface area (Å²) in [6.45, 7) is 5.50. The van der Waals surface area contributed by atoms with Crippen molar-refractivity contribution in [3.63, 3.8) is 0 Å². The molecule has 0 bridgehead atoms. The largest absolute Gasteiger partial charge is 0.343 e. The molecule has 2 rings (SSSR count). The van der Waals surface area contributed by atoms with Crippen molar-refractivity contribution in [2.24, 2.45) is 0 Å². The lowest BCUT2D eigenvalue weighted by Gasteiger charge is -2.17. The number of hydrogen-bond acceptors (Lipinski definition) is 6. The van der Waals surface area contributed by atoms with Crippen LogP contribution < -0.4 is 0 Å². The minimum Gasteiger partial charge on any atom is -0.343 e. The molecule has 1 aromatic carbocycles. The Balaban J connectivity index is 1.80. The Morgan fingerprint density at radius 2 is 1.73 bits per heavy atom. The van der Waals surface area contributed by atoms with E-state index < -0.39 is 0 Å². The number of carbonyl (C=O) groups is 1. The molecule has 0 saturated heterocycles. The molecule has 118 valence electrons. The number of nitrogens with zero attached hydrogens (tertiary/aromatic N) is 3. The Morgan fingerprint density at radius 3 is 2.36 bits per heavy atom. The van der Waals surface area contributed by atoms with E-state index in [1.54, 1.807) is 23.1 Å². The third kappa shape index (κ3) is 5.30. The van der Waals surface area contributed by atoms with Gasteiger partial charge in [-0.3, -0.25) is 4.79 Å². The predicted molar refractivity (Wildman–Crippen MR) is 94.6 cm³/mol. The molecular weight excluding hydrogens is 334 g/mol. The lowest BCUT2D eigenvalue weighted by molar-refractivity contribution is -0.127. The maximum atomic E-state index is 12.0. The first-order valence-electron chi connectivity index (χ1n) is 7.13. The quantitative estimate of drug-likeness (QED) is 0.676. The standard InChI is InChI=1S/C15H19N3OS3/c1-3-18(4-2)13(19)11-21-15-17-16-14(22-15)20-10-12-8-6-5-7-9-12/h5-9H,3-4,10-11H2,1-2H3. The van der Waals surface area contributed by atoms with Gasteiger partial charge in [-0.05, 0) is 19.4 Å². The van der Waals surface area contributed by atoms with E-state index in [-0.39, 0.29) is 5.91 Å². The highest BCUT2D eigenvalue weighted by molar-refractivity contribution is 8.03. The second kappa shape index (κ2) is 9.17. The average Bonchev–Trinajstić information content (AvgIpc) is 3.01. The summed E-state index contributed by atoms with van der Waals surface area (Å²) in [5.74, 6) is 1.47. The van der Waals surface area contributed by atoms with Crippen LogP contribution in [-0.2, 0) is 10.5 Å². The summed E-state index contributed by atoms with van der Waals surface area (Å²) in [4.78, 5) is 13.8. The normalized spacial score (nSPS) is 10.6. The van der Waals surface area contributed by atoms with Gasteiger partial charge in [-0.2, -0.15) is 0 Å². The van der Waals surface area contributed by atoms with Gasteiger partial charge in [0.25, 0.3) is 0 Å². The number of hydrogen-bond donors (Lipinski definition) is 0. The Morgan fingerprint density at radius 1 is 1.09 bits per heavy atom. The molecule has 1 aromatic heterocycles. The van der Waals surface area contributed by atoms with Crippen LogP contribution in [0.5, 0.6) is 0 Å². The molecule has 0 saturated carbocycles. The molecule has 1 heterocycles. The van der Waals surface area contributed by atoms with Crippen molar-refractivity contribution in [3.8, 4) is 0 Å². The van der Waals surface area contributed by atoms with Crippen LogP contribution in [0.1, 0.15) is 19.4 Å². The van der Waals surface area contributed by atoms with Crippen molar-refractivity contribution in [3.05, 3.63) is 35.9 Å². The molecule has 0 aliphatic heterocycles. The first kappa shape index (κ1) is 17.3. The lowest BCUT2D eigenvalue weighted by atomic mass is 10.2. The van der Waals surface area contributed by atoms with E-state index >= 15 is 0 Å². The molecule has 0 unspecified atom stereocenters. The summed E-state index contributed by atoms with van der Waals surface area (Å²) in [5.41, 5.74) is 1.27. The Bertz CT molecular complexity index is 585. The number of benzene rings is 1. The Hall–Kier alpha value is -1.05. The van der Waals surface area contributed by atoms with E-state index in [2.05, 4.69) is 22.3 Å². The second-order valence-electron chi connectivity index (χ2n) is 4.46. The minimum absolute atomic E-state index is 0.156. The van der Waals surface area contributed by atoms with Crippen LogP contribution in [0.4, 0.5) is 0 Å². The third-order valence-corrected chi connectivity index (χ3v) is 6.27. The predicted octanol–water partition coefficient (Wildman–Crippen LogP) is 3.79. The van der Waals surface area contributed by atoms with Gasteiger partial charge in [0.1, 0.15) is 0 Å². The van der Waals surface area contributed by atoms with Gasteiger partial charge in [0.2, 0.25) is 5.91 Å². The zero-order valence-corrected chi connectivity index (χ0v) is 15.1. The molecule has 0 aliphatic carbocycles. The van der Waals surface area contributed by atoms with Gasteiger partial charge in [-0.25, -0.2) is 0 Å². The number of thioether (sulfide) groups is 2. The van der Waals surface area contributed by atoms with E-state index in [1.807, 2.05) is 36.9 Å². The highest BCUT2D eigenvalue weighted by Gasteiger charge is 2.12. The van der Waals surface area contributed by atoms with Crippen molar-refractivity contribution in [1.29, 1.82) is 0 Å². The van der Waals surface area contributed by atoms with Crippen LogP contribution in [0, 0.1) is 0 Å². The smallest absolute Gasteiger partial charge is 0.233 e. The number of aromatic nitrogens is 2. The summed E-state index contributed by atoms with van der Waals surface area (Å²) >= 11 is 4.70. The molecule has 22 heavy (non-hydrogen) atoms. The van der Waals surface area contributed by atoms with E-state index in [0.29, 0.717) is 5.75 Å². The molecule has 2 aromatic rings. The minimum atomic E-state index is 0.156. The number of carbonyl (C=O) groups excluding carboxylic acids is 1. The molecule has 0 spiro atoms. The SMILES string of the molecule is CCN(CC)C(=O)CSc1nnc(SCc2ccccc2)s1. The van der Waals surface area contributed by atoms with Gasteiger partial charge in [0.15, 0.2) is 8.68 Å². The molecule has 0 N–H and O–H groups in total. The van der Waals surface area contributed by atoms with E-state index in [4.69, 9.17) is 0 Å². The average molecular weight is 354 g/mol. The fraction of sp³-hybridized carbons (Fsp3) is 0.400. The van der Waals surface area contributed by atoms with Crippen molar-refractivity contribution in [1.82, 2.24) is 15.1 Å². The third-order valence-electron chi connectivity index (χ3n) is 3.03. The number of amides is 1. The van der Waals surface area contributed by atoms with Gasteiger partial charge >= 0.3 is 0 Å². The van der Waals surface area contributed by atoms with Crippen LogP contribution >= 0.6 is 34.9 Å². The maximum Gasteiger partial charge on any atom is 0.233 e. The van der Waals surface area contributed by atoms with Gasteiger partial charge in [0.05, 0.1) is 5.75 Å². The summed E-state index contributed by atoms with van der Waals surface area (Å²) in [5, 5.41) is 8.33. The van der Waals surface area contributed by atoms with Crippen LogP contribution in [-0.4, -0.2) is 39.8 Å². The fourth-order valence-corrected chi connectivity index (χ4v) is 4.70. The molecular formula is C15H19N3OS3. The summed E-state index contributed by atoms with van der Waals surface area (Å²) < 4.78 is 1.80. The summed E-state index contributed by atoms with van der Waals surface area (Å²) in [7, 11) is 0. The first-order valence-corrected chi connectivity index (χ1v) is 9.92. The highest BCUT2D eigenvalue weighted by atomic mass is 32.2. The van der Waals surface area contributed by atoms with Crippen LogP contribution in [0.15, 0.2) is 39.0 Å². The van der Waals surface area contributed by atoms with Gasteiger partial charge in [-0.1, -0.05) is 65.2 Å². The van der Waals surface area contributed by atoms with Crippen molar-refractivity contribution in [2.75, 3.05) is 18.8 Å². The topological polar surface area (TPSA) is 46.1 Å². The van der Waals surface area contributed by atoms with Crippen LogP contribution in [0.25, 0.3) is 0 Å². The fourth-order valence-electron chi connectivity index (χ4n) is 1.82. The van der Waals surface area contributed by atoms with Crippen LogP contribution in [0.2, 0.25) is 0 Å². The monoisotopic (exact) mass is 353 g/mol. The molecule has 0 aliphatic rings. The van der Waals surface area contributed by atoms with Gasteiger partial charge in [0, 0.05) is 18.8 Å². The summed E-state index contributed by atoms with van der Waals surface area (Å²) in [6, 6.07) is 10.3. The van der Waals surface area contributed by atoms with Crippen molar-refractivity contribution >= 4 is 40.8 Å². The molecule has 1 amide bonds. The zero-order chi connectivity index (χ0) is 15.8. The van der Waals surface area contributed by atoms with E-state index in [1.165, 1.54) is 17.3 Å². The molecule has 4 nitrogen and oxygen atoms in total. The highest BCUT2D eigenvalue weighted by Crippen LogP contribution is 2.30. The molecule has 0 radical (unpaired) electrons. The summed E-state index contributed by atoms with van der Waals surface area (Å²) in [6.07, 6.45) is 0. The lowest BCUT2D eigenvalue weighted by Crippen LogP contribution is -2.31. The van der Waals surface area contributed by atoms with Crippen molar-refractivity contribution in [2.45, 2.75) is 28.3 Å². The zero-order valence-electron chi connectivity index (χ0n) is 12.7. The van der Waals surface area contributed by atoms with E-state index in [0.717, 1.165) is 27.5 Å². The van der Waals surface area contributed by atoms with E-state index in [9.17, 15) is 4.79 Å². The number of rotatable bonds is 8. The Labute approximate surface area is 143 Å². The van der Waals surface area contributed by atoms with Crippen molar-refractivity contribution < 1.29 is 4.79 Å².